The number of hydrogen-bond donors (Lipinski definition) is 3. The Morgan fingerprint density at radius 1 is 1.44 bits per heavy atom. The average Bonchev–Trinajstić information content (AvgIpc) is 2.37. The number of rotatable bonds is 7. The molecule has 0 heterocycles. The molecule has 1 rings (SSSR count). The second kappa shape index (κ2) is 6.92. The summed E-state index contributed by atoms with van der Waals surface area (Å²) in [6.45, 7) is 2.24. The van der Waals surface area contributed by atoms with Crippen molar-refractivity contribution in [3.63, 3.8) is 0 Å². The van der Waals surface area contributed by atoms with Crippen molar-refractivity contribution >= 4 is 27.9 Å². The third kappa shape index (κ3) is 3.67. The van der Waals surface area contributed by atoms with Gasteiger partial charge in [0.05, 0.1) is 4.92 Å². The fourth-order valence-corrected chi connectivity index (χ4v) is 2.06. The van der Waals surface area contributed by atoms with E-state index in [9.17, 15) is 14.3 Å². The van der Waals surface area contributed by atoms with Crippen LogP contribution in [-0.4, -0.2) is 27.2 Å². The highest BCUT2D eigenvalue weighted by molar-refractivity contribution is 7.84. The number of nitro groups is 1. The molecule has 1 atom stereocenters. The molecule has 0 aromatic heterocycles. The standard InChI is InChI=1S/C10H16N4O3S/c1-2-18(17)7-6-12-8-4-3-5-9(13-11)10(8)14(15)16/h3-5,12-13H,2,6-7,11H2,1H3. The van der Waals surface area contributed by atoms with Crippen molar-refractivity contribution in [2.45, 2.75) is 6.92 Å². The van der Waals surface area contributed by atoms with Crippen LogP contribution in [0.1, 0.15) is 6.92 Å². The van der Waals surface area contributed by atoms with Crippen LogP contribution in [-0.2, 0) is 10.8 Å². The Bertz CT molecular complexity index is 453. The van der Waals surface area contributed by atoms with Gasteiger partial charge < -0.3 is 10.7 Å². The Morgan fingerprint density at radius 2 is 2.11 bits per heavy atom. The maximum absolute atomic E-state index is 11.2. The number of nitrogens with one attached hydrogen (secondary N) is 2. The molecule has 1 unspecified atom stereocenters. The maximum atomic E-state index is 11.2. The second-order valence-electron chi connectivity index (χ2n) is 3.46. The van der Waals surface area contributed by atoms with Crippen LogP contribution in [0.4, 0.5) is 17.1 Å². The minimum absolute atomic E-state index is 0.109. The molecule has 4 N–H and O–H groups in total. The summed E-state index contributed by atoms with van der Waals surface area (Å²) in [7, 11) is -0.898. The molecule has 18 heavy (non-hydrogen) atoms. The molecule has 0 aliphatic rings. The molecule has 0 aliphatic heterocycles. The molecule has 0 fully saturated rings. The minimum Gasteiger partial charge on any atom is -0.378 e. The summed E-state index contributed by atoms with van der Waals surface area (Å²) in [6, 6.07) is 4.77. The Kier molecular flexibility index (Phi) is 5.53. The van der Waals surface area contributed by atoms with Gasteiger partial charge in [-0.3, -0.25) is 20.2 Å². The van der Waals surface area contributed by atoms with E-state index in [0.29, 0.717) is 23.7 Å². The SMILES string of the molecule is CCS(=O)CCNc1cccc(NN)c1[N+](=O)[O-]. The molecule has 0 amide bonds. The zero-order valence-electron chi connectivity index (χ0n) is 10.0. The van der Waals surface area contributed by atoms with Crippen molar-refractivity contribution < 1.29 is 9.13 Å². The molecule has 0 saturated carbocycles. The summed E-state index contributed by atoms with van der Waals surface area (Å²) >= 11 is 0. The average molecular weight is 272 g/mol. The smallest absolute Gasteiger partial charge is 0.316 e. The van der Waals surface area contributed by atoms with E-state index in [1.54, 1.807) is 12.1 Å². The van der Waals surface area contributed by atoms with E-state index in [1.165, 1.54) is 6.07 Å². The molecule has 1 aromatic rings. The first-order valence-corrected chi connectivity index (χ1v) is 6.91. The lowest BCUT2D eigenvalue weighted by atomic mass is 10.2. The molecule has 100 valence electrons. The van der Waals surface area contributed by atoms with Crippen LogP contribution >= 0.6 is 0 Å². The minimum atomic E-state index is -0.898. The first-order chi connectivity index (χ1) is 8.60. The number of hydrazine groups is 1. The van der Waals surface area contributed by atoms with Gasteiger partial charge in [-0.15, -0.1) is 0 Å². The number of hydrogen-bond acceptors (Lipinski definition) is 6. The Labute approximate surface area is 107 Å². The zero-order valence-corrected chi connectivity index (χ0v) is 10.8. The van der Waals surface area contributed by atoms with Crippen LogP contribution in [0.2, 0.25) is 0 Å². The van der Waals surface area contributed by atoms with Crippen LogP contribution in [0, 0.1) is 10.1 Å². The largest absolute Gasteiger partial charge is 0.378 e. The quantitative estimate of drug-likeness (QED) is 0.389. The maximum Gasteiger partial charge on any atom is 0.316 e. The third-order valence-corrected chi connectivity index (χ3v) is 3.64. The van der Waals surface area contributed by atoms with Gasteiger partial charge in [-0.25, -0.2) is 0 Å². The molecule has 7 nitrogen and oxygen atoms in total. The monoisotopic (exact) mass is 272 g/mol. The van der Waals surface area contributed by atoms with Gasteiger partial charge in [0.15, 0.2) is 0 Å². The summed E-state index contributed by atoms with van der Waals surface area (Å²) < 4.78 is 11.2. The van der Waals surface area contributed by atoms with E-state index >= 15 is 0 Å². The van der Waals surface area contributed by atoms with Gasteiger partial charge >= 0.3 is 5.69 Å². The number of benzene rings is 1. The highest BCUT2D eigenvalue weighted by Crippen LogP contribution is 2.31. The lowest BCUT2D eigenvalue weighted by molar-refractivity contribution is -0.383. The Morgan fingerprint density at radius 3 is 2.67 bits per heavy atom. The highest BCUT2D eigenvalue weighted by atomic mass is 32.2. The lowest BCUT2D eigenvalue weighted by Crippen LogP contribution is -2.14. The molecule has 8 heteroatoms. The van der Waals surface area contributed by atoms with Crippen LogP contribution in [0.3, 0.4) is 0 Å². The highest BCUT2D eigenvalue weighted by Gasteiger charge is 2.18. The molecule has 0 bridgehead atoms. The van der Waals surface area contributed by atoms with E-state index in [4.69, 9.17) is 5.84 Å². The van der Waals surface area contributed by atoms with Crippen LogP contribution < -0.4 is 16.6 Å². The van der Waals surface area contributed by atoms with Crippen molar-refractivity contribution in [2.24, 2.45) is 5.84 Å². The topological polar surface area (TPSA) is 110 Å². The second-order valence-corrected chi connectivity index (χ2v) is 5.33. The lowest BCUT2D eigenvalue weighted by Gasteiger charge is -2.09. The van der Waals surface area contributed by atoms with E-state index < -0.39 is 15.7 Å². The molecular weight excluding hydrogens is 256 g/mol. The summed E-state index contributed by atoms with van der Waals surface area (Å²) in [4.78, 5) is 10.5. The zero-order chi connectivity index (χ0) is 13.5. The Hall–Kier alpha value is -1.67. The summed E-state index contributed by atoms with van der Waals surface area (Å²) in [5.41, 5.74) is 2.78. The first kappa shape index (κ1) is 14.4. The van der Waals surface area contributed by atoms with Crippen LogP contribution in [0.5, 0.6) is 0 Å². The molecule has 0 spiro atoms. The summed E-state index contributed by atoms with van der Waals surface area (Å²) in [5, 5.41) is 13.9. The van der Waals surface area contributed by atoms with Gasteiger partial charge in [-0.1, -0.05) is 13.0 Å². The van der Waals surface area contributed by atoms with Crippen molar-refractivity contribution in [3.8, 4) is 0 Å². The molecular formula is C10H16N4O3S. The summed E-state index contributed by atoms with van der Waals surface area (Å²) in [5.74, 6) is 6.25. The molecule has 1 aromatic carbocycles. The predicted molar refractivity (Wildman–Crippen MR) is 72.9 cm³/mol. The van der Waals surface area contributed by atoms with Crippen molar-refractivity contribution in [2.75, 3.05) is 28.8 Å². The molecule has 0 saturated heterocycles. The van der Waals surface area contributed by atoms with Crippen molar-refractivity contribution in [1.82, 2.24) is 0 Å². The van der Waals surface area contributed by atoms with Gasteiger partial charge in [0, 0.05) is 28.9 Å². The number of nitrogens with two attached hydrogens (primary N) is 1. The fraction of sp³-hybridized carbons (Fsp3) is 0.400. The molecule has 0 aliphatic carbocycles. The van der Waals surface area contributed by atoms with E-state index in [0.717, 1.165) is 0 Å². The van der Waals surface area contributed by atoms with E-state index in [2.05, 4.69) is 10.7 Å². The van der Waals surface area contributed by atoms with Crippen LogP contribution in [0.15, 0.2) is 18.2 Å². The van der Waals surface area contributed by atoms with E-state index in [-0.39, 0.29) is 11.4 Å². The number of anilines is 2. The fourth-order valence-electron chi connectivity index (χ4n) is 1.44. The van der Waals surface area contributed by atoms with Gasteiger partial charge in [-0.2, -0.15) is 0 Å². The summed E-state index contributed by atoms with van der Waals surface area (Å²) in [6.07, 6.45) is 0. The van der Waals surface area contributed by atoms with E-state index in [1.807, 2.05) is 6.92 Å². The number of nitrogens with zero attached hydrogens (tertiary/aromatic N) is 1. The first-order valence-electron chi connectivity index (χ1n) is 5.43. The van der Waals surface area contributed by atoms with Gasteiger partial charge in [0.2, 0.25) is 0 Å². The third-order valence-electron chi connectivity index (χ3n) is 2.34. The predicted octanol–water partition coefficient (Wildman–Crippen LogP) is 1.06. The number of para-hydroxylation sites is 1. The number of nitro benzene ring substituents is 1. The Balaban J connectivity index is 2.82. The van der Waals surface area contributed by atoms with Crippen molar-refractivity contribution in [3.05, 3.63) is 28.3 Å². The number of nitrogen functional groups attached to an aromatic ring is 1. The van der Waals surface area contributed by atoms with Crippen molar-refractivity contribution in [1.29, 1.82) is 0 Å². The van der Waals surface area contributed by atoms with Gasteiger partial charge in [-0.05, 0) is 12.1 Å². The molecule has 0 radical (unpaired) electrons. The van der Waals surface area contributed by atoms with Crippen LogP contribution in [0.25, 0.3) is 0 Å². The van der Waals surface area contributed by atoms with Gasteiger partial charge in [0.1, 0.15) is 11.4 Å². The normalized spacial score (nSPS) is 11.9. The van der Waals surface area contributed by atoms with Gasteiger partial charge in [0.25, 0.3) is 0 Å².